The summed E-state index contributed by atoms with van der Waals surface area (Å²) in [7, 11) is 0. The van der Waals surface area contributed by atoms with Crippen molar-refractivity contribution >= 4 is 23.5 Å². The van der Waals surface area contributed by atoms with Crippen LogP contribution in [0.5, 0.6) is 0 Å². The number of aliphatic carboxylic acids is 1. The van der Waals surface area contributed by atoms with E-state index in [9.17, 15) is 14.4 Å². The van der Waals surface area contributed by atoms with Gasteiger partial charge in [0, 0.05) is 11.6 Å². The Bertz CT molecular complexity index is 570. The summed E-state index contributed by atoms with van der Waals surface area (Å²) in [6, 6.07) is 5.93. The smallest absolute Gasteiger partial charge is 0.350 e. The number of carbonyl (C=O) groups excluding carboxylic acids is 2. The van der Waals surface area contributed by atoms with E-state index in [1.54, 1.807) is 24.3 Å². The van der Waals surface area contributed by atoms with Gasteiger partial charge in [0.25, 0.3) is 0 Å². The van der Waals surface area contributed by atoms with Crippen molar-refractivity contribution in [3.8, 4) is 0 Å². The predicted octanol–water partition coefficient (Wildman–Crippen LogP) is 0.601. The highest BCUT2D eigenvalue weighted by molar-refractivity contribution is 6.12. The molecule has 6 heteroatoms. The average molecular weight is 263 g/mol. The van der Waals surface area contributed by atoms with Crippen molar-refractivity contribution in [3.63, 3.8) is 0 Å². The number of hydrogen-bond donors (Lipinski definition) is 2. The average Bonchev–Trinajstić information content (AvgIpc) is 2.63. The molecule has 0 spiro atoms. The largest absolute Gasteiger partial charge is 0.480 e. The molecule has 19 heavy (non-hydrogen) atoms. The number of carboxylic acids is 1. The van der Waals surface area contributed by atoms with Crippen LogP contribution in [-0.4, -0.2) is 28.9 Å². The Morgan fingerprint density at radius 2 is 2.00 bits per heavy atom. The molecular formula is C13H15N2O4+. The minimum atomic E-state index is -1.11. The lowest BCUT2D eigenvalue weighted by Gasteiger charge is -2.29. The van der Waals surface area contributed by atoms with Crippen molar-refractivity contribution in [3.05, 3.63) is 29.8 Å². The van der Waals surface area contributed by atoms with Gasteiger partial charge in [-0.2, -0.15) is 0 Å². The molecule has 1 heterocycles. The fraction of sp³-hybridized carbons (Fsp3) is 0.308. The molecule has 0 saturated carbocycles. The third-order valence-electron chi connectivity index (χ3n) is 3.30. The SMILES string of the molecule is CC(=O)[N+]1(N[C@@H](C)C(=O)O)C(=O)Cc2ccccc21. The van der Waals surface area contributed by atoms with Gasteiger partial charge in [-0.25, -0.2) is 9.59 Å². The van der Waals surface area contributed by atoms with Gasteiger partial charge in [-0.15, -0.1) is 5.43 Å². The minimum Gasteiger partial charge on any atom is -0.480 e. The van der Waals surface area contributed by atoms with Gasteiger partial charge in [-0.1, -0.05) is 22.8 Å². The molecule has 0 fully saturated rings. The summed E-state index contributed by atoms with van der Waals surface area (Å²) < 4.78 is -0.732. The van der Waals surface area contributed by atoms with E-state index in [0.29, 0.717) is 5.69 Å². The predicted molar refractivity (Wildman–Crippen MR) is 67.9 cm³/mol. The second-order valence-electron chi connectivity index (χ2n) is 4.58. The number of para-hydroxylation sites is 1. The topological polar surface area (TPSA) is 83.5 Å². The third kappa shape index (κ3) is 1.94. The van der Waals surface area contributed by atoms with Crippen LogP contribution in [0.1, 0.15) is 19.4 Å². The van der Waals surface area contributed by atoms with Gasteiger partial charge in [0.15, 0.2) is 11.7 Å². The summed E-state index contributed by atoms with van der Waals surface area (Å²) in [5, 5.41) is 8.98. The zero-order valence-corrected chi connectivity index (χ0v) is 10.7. The maximum Gasteiger partial charge on any atom is 0.350 e. The Hall–Kier alpha value is -2.05. The first-order valence-electron chi connectivity index (χ1n) is 5.92. The molecule has 0 aliphatic carbocycles. The van der Waals surface area contributed by atoms with Crippen LogP contribution in [0.15, 0.2) is 24.3 Å². The molecular weight excluding hydrogens is 248 g/mol. The van der Waals surface area contributed by atoms with Crippen LogP contribution >= 0.6 is 0 Å². The van der Waals surface area contributed by atoms with Crippen LogP contribution in [0.25, 0.3) is 0 Å². The minimum absolute atomic E-state index is 0.120. The molecule has 2 N–H and O–H groups in total. The van der Waals surface area contributed by atoms with Crippen molar-refractivity contribution in [1.82, 2.24) is 10.0 Å². The zero-order chi connectivity index (χ0) is 14.2. The molecule has 6 nitrogen and oxygen atoms in total. The van der Waals surface area contributed by atoms with Crippen LogP contribution in [0.3, 0.4) is 0 Å². The normalized spacial score (nSPS) is 22.9. The quantitative estimate of drug-likeness (QED) is 0.780. The number of benzene rings is 1. The van der Waals surface area contributed by atoms with Gasteiger partial charge in [0.05, 0.1) is 13.3 Å². The first-order chi connectivity index (χ1) is 8.89. The van der Waals surface area contributed by atoms with E-state index < -0.39 is 22.5 Å². The zero-order valence-electron chi connectivity index (χ0n) is 10.7. The Balaban J connectivity index is 2.54. The number of imide groups is 1. The van der Waals surface area contributed by atoms with Crippen molar-refractivity contribution in [2.75, 3.05) is 0 Å². The third-order valence-corrected chi connectivity index (χ3v) is 3.30. The number of nitrogens with zero attached hydrogens (tertiary/aromatic N) is 1. The van der Waals surface area contributed by atoms with E-state index in [0.717, 1.165) is 5.56 Å². The number of amides is 2. The van der Waals surface area contributed by atoms with Crippen molar-refractivity contribution in [2.45, 2.75) is 26.3 Å². The molecule has 100 valence electrons. The maximum absolute atomic E-state index is 12.2. The first kappa shape index (κ1) is 13.4. The molecule has 0 bridgehead atoms. The number of quaternary nitrogens is 1. The molecule has 1 aromatic rings. The molecule has 0 aromatic heterocycles. The maximum atomic E-state index is 12.2. The van der Waals surface area contributed by atoms with E-state index in [1.807, 2.05) is 0 Å². The van der Waals surface area contributed by atoms with Crippen molar-refractivity contribution in [1.29, 1.82) is 0 Å². The summed E-state index contributed by atoms with van der Waals surface area (Å²) >= 11 is 0. The van der Waals surface area contributed by atoms with Crippen LogP contribution in [0, 0.1) is 0 Å². The van der Waals surface area contributed by atoms with Gasteiger partial charge >= 0.3 is 17.8 Å². The fourth-order valence-electron chi connectivity index (χ4n) is 2.33. The molecule has 1 aliphatic heterocycles. The van der Waals surface area contributed by atoms with E-state index in [-0.39, 0.29) is 12.3 Å². The lowest BCUT2D eigenvalue weighted by atomic mass is 10.2. The second kappa shape index (κ2) is 4.56. The molecule has 1 aromatic carbocycles. The van der Waals surface area contributed by atoms with Crippen LogP contribution in [0.2, 0.25) is 0 Å². The van der Waals surface area contributed by atoms with E-state index in [2.05, 4.69) is 5.43 Å². The second-order valence-corrected chi connectivity index (χ2v) is 4.58. The van der Waals surface area contributed by atoms with Gasteiger partial charge in [0.1, 0.15) is 0 Å². The van der Waals surface area contributed by atoms with Gasteiger partial charge in [-0.3, -0.25) is 4.79 Å². The molecule has 2 amide bonds. The molecule has 0 saturated heterocycles. The van der Waals surface area contributed by atoms with Gasteiger partial charge < -0.3 is 5.11 Å². The standard InChI is InChI=1S/C13H14N2O4/c1-8(13(18)19)14-15(9(2)16)11-6-4-3-5-10(11)7-12(15)17/h3-6,8,14H,7H2,1-2H3/p+1/t8-,15?/m0/s1. The number of carboxylic acid groups (broad SMARTS) is 1. The van der Waals surface area contributed by atoms with E-state index in [4.69, 9.17) is 5.11 Å². The number of hydrogen-bond acceptors (Lipinski definition) is 4. The van der Waals surface area contributed by atoms with Crippen LogP contribution in [0.4, 0.5) is 5.69 Å². The van der Waals surface area contributed by atoms with Gasteiger partial charge in [-0.05, 0) is 6.92 Å². The number of carbonyl (C=O) groups is 3. The summed E-state index contributed by atoms with van der Waals surface area (Å²) in [4.78, 5) is 35.2. The van der Waals surface area contributed by atoms with Gasteiger partial charge in [0.2, 0.25) is 0 Å². The van der Waals surface area contributed by atoms with E-state index in [1.165, 1.54) is 13.8 Å². The van der Waals surface area contributed by atoms with Crippen LogP contribution in [-0.2, 0) is 20.8 Å². The number of nitrogens with one attached hydrogen (secondary N) is 1. The molecule has 0 radical (unpaired) electrons. The first-order valence-corrected chi connectivity index (χ1v) is 5.92. The Morgan fingerprint density at radius 1 is 1.37 bits per heavy atom. The number of rotatable bonds is 3. The summed E-state index contributed by atoms with van der Waals surface area (Å²) in [6.07, 6.45) is 0.120. The highest BCUT2D eigenvalue weighted by atomic mass is 16.4. The highest BCUT2D eigenvalue weighted by Gasteiger charge is 2.53. The molecule has 2 atom stereocenters. The van der Waals surface area contributed by atoms with E-state index >= 15 is 0 Å². The monoisotopic (exact) mass is 263 g/mol. The molecule has 1 aliphatic rings. The summed E-state index contributed by atoms with van der Waals surface area (Å²) in [5.74, 6) is -1.92. The lowest BCUT2D eigenvalue weighted by molar-refractivity contribution is -0.148. The Kier molecular flexibility index (Phi) is 3.21. The molecule has 2 rings (SSSR count). The number of fused-ring (bicyclic) bond motifs is 1. The van der Waals surface area contributed by atoms with Crippen LogP contribution < -0.4 is 10.0 Å². The molecule has 1 unspecified atom stereocenters. The lowest BCUT2D eigenvalue weighted by Crippen LogP contribution is -2.68. The summed E-state index contributed by atoms with van der Waals surface area (Å²) in [6.45, 7) is 2.68. The summed E-state index contributed by atoms with van der Waals surface area (Å²) in [5.41, 5.74) is 3.89. The highest BCUT2D eigenvalue weighted by Crippen LogP contribution is 2.34. The van der Waals surface area contributed by atoms with Crippen molar-refractivity contribution < 1.29 is 19.5 Å². The fourth-order valence-corrected chi connectivity index (χ4v) is 2.33. The Labute approximate surface area is 110 Å². The Morgan fingerprint density at radius 3 is 2.58 bits per heavy atom. The van der Waals surface area contributed by atoms with Crippen molar-refractivity contribution in [2.24, 2.45) is 0 Å².